The number of unbranched alkanes of at least 4 members (excludes halogenated alkanes) is 2. The van der Waals surface area contributed by atoms with E-state index in [0.29, 0.717) is 0 Å². The largest absolute Gasteiger partial charge is 0.0928 e. The number of rotatable bonds is 31. The molecule has 0 nitrogen and oxygen atoms in total. The van der Waals surface area contributed by atoms with Crippen LogP contribution in [0.2, 0.25) is 0 Å². The molecule has 0 bridgehead atoms. The van der Waals surface area contributed by atoms with Crippen LogP contribution in [-0.2, 0) is 0 Å². The third-order valence-electron chi connectivity index (χ3n) is 3.44. The fourth-order valence-corrected chi connectivity index (χ4v) is 3.02. The molecule has 2 atom stereocenters. The molecule has 0 amide bonds. The fourth-order valence-electron chi connectivity index (χ4n) is 1.94. The second kappa shape index (κ2) is 30.4. The van der Waals surface area contributed by atoms with Gasteiger partial charge in [-0.25, -0.2) is 0 Å². The molecule has 0 saturated heterocycles. The van der Waals surface area contributed by atoms with Crippen LogP contribution >= 0.6 is 47.8 Å². The summed E-state index contributed by atoms with van der Waals surface area (Å²) in [6, 6.07) is 0. The van der Waals surface area contributed by atoms with Gasteiger partial charge in [-0.1, -0.05) is 221 Å². The Morgan fingerprint density at radius 2 is 0.946 bits per heavy atom. The van der Waals surface area contributed by atoms with Gasteiger partial charge in [-0.3, -0.25) is 0 Å². The lowest BCUT2D eigenvalue weighted by Gasteiger charge is -2.33. The zero-order chi connectivity index (χ0) is 77.1. The molecule has 0 saturated carbocycles. The van der Waals surface area contributed by atoms with Crippen LogP contribution in [0.25, 0.3) is 0 Å². The first-order valence-corrected chi connectivity index (χ1v) is 12.6. The van der Waals surface area contributed by atoms with E-state index in [4.69, 9.17) is 71.3 Å². The Kier molecular flexibility index (Phi) is 5.07. The SMILES string of the molecule is [2H]C([2H])([2H])C([2H])([2H])C([2H])([2H])C([2H])([2H])C([2H])([2H])C([2H])([2H])CCCCCC(Br)C(Br)(C([2H])([2H])C([2H])([2H])C([2H])([2H])C([2H])([2H])C([2H])([2H])C([2H])([2H])C([2H])([2H])C([2H])([2H])C([2H])([2H])C([2H])([2H])C([2H])([2H])C([2H])([2H])C([2H])([2H])C([2H])([2H])C([2H])([2H])[2H])C([2H])([2H])C([2H])([2H])C([2H])([2H])C([2H])([2H])C([2H])([2H])[13C]([2H])([2H])Br. The first-order valence-electron chi connectivity index (χ1n) is 38.1. The summed E-state index contributed by atoms with van der Waals surface area (Å²) < 4.78 is 463. The van der Waals surface area contributed by atoms with Gasteiger partial charge in [0.25, 0.3) is 0 Å². The van der Waals surface area contributed by atoms with Crippen LogP contribution in [0.1, 0.15) is 276 Å². The van der Waals surface area contributed by atoms with Gasteiger partial charge in [0, 0.05) is 91.2 Å². The molecule has 37 heavy (non-hydrogen) atoms. The van der Waals surface area contributed by atoms with Crippen LogP contribution in [0.4, 0.5) is 0 Å². The van der Waals surface area contributed by atoms with Crippen LogP contribution in [0, 0.1) is 0 Å². The minimum Gasteiger partial charge on any atom is -0.0928 e. The minimum atomic E-state index is -5.53. The Hall–Kier alpha value is 1.44. The Bertz CT molecular complexity index is 2610. The zero-order valence-corrected chi connectivity index (χ0v) is 24.0. The van der Waals surface area contributed by atoms with Crippen molar-refractivity contribution in [2.45, 2.75) is 208 Å². The average molecular weight is 773 g/mol. The lowest BCUT2D eigenvalue weighted by molar-refractivity contribution is 0.424. The smallest absolute Gasteiger partial charge is 0.0387 e. The normalized spacial score (nSPS) is 47.0. The lowest BCUT2D eigenvalue weighted by atomic mass is 9.89. The van der Waals surface area contributed by atoms with Crippen LogP contribution in [0.5, 0.6) is 0 Å². The molecule has 0 aliphatic rings. The molecule has 0 radical (unpaired) electrons. The van der Waals surface area contributed by atoms with Gasteiger partial charge in [0.05, 0.1) is 0 Å². The molecule has 3 heteroatoms. The van der Waals surface area contributed by atoms with Gasteiger partial charge in [-0.2, -0.15) is 0 Å². The van der Waals surface area contributed by atoms with Crippen LogP contribution < -0.4 is 0 Å². The molecule has 2 unspecified atom stereocenters. The summed E-state index contributed by atoms with van der Waals surface area (Å²) in [6.45, 7) is -8.25. The number of hydrogen-bond donors (Lipinski definition) is 0. The van der Waals surface area contributed by atoms with Crippen molar-refractivity contribution in [2.75, 3.05) is 5.28 Å². The second-order valence-electron chi connectivity index (χ2n) is 5.92. The molecule has 0 spiro atoms. The van der Waals surface area contributed by atoms with Crippen molar-refractivity contribution in [2.24, 2.45) is 0 Å². The third-order valence-corrected chi connectivity index (χ3v) is 6.35. The van der Waals surface area contributed by atoms with Crippen molar-refractivity contribution in [3.8, 4) is 0 Å². The predicted molar refractivity (Wildman–Crippen MR) is 183 cm³/mol. The highest BCUT2D eigenvalue weighted by molar-refractivity contribution is 9.12. The van der Waals surface area contributed by atoms with Crippen molar-refractivity contribution in [3.63, 3.8) is 0 Å². The van der Waals surface area contributed by atoms with Crippen molar-refractivity contribution in [1.82, 2.24) is 0 Å². The van der Waals surface area contributed by atoms with Crippen LogP contribution in [0.3, 0.4) is 0 Å². The quantitative estimate of drug-likeness (QED) is 0.0374. The summed E-state index contributed by atoms with van der Waals surface area (Å²) in [5.41, 5.74) is 0. The second-order valence-corrected chi connectivity index (χ2v) is 8.68. The van der Waals surface area contributed by atoms with E-state index in [9.17, 15) is 5.48 Å². The van der Waals surface area contributed by atoms with Gasteiger partial charge in [0.1, 0.15) is 0 Å². The summed E-state index contributed by atoms with van der Waals surface area (Å²) in [7, 11) is 0. The third kappa shape index (κ3) is 26.1. The van der Waals surface area contributed by atoms with E-state index in [1.807, 2.05) is 0 Å². The number of hydrogen-bond acceptors (Lipinski definition) is 0. The first-order chi connectivity index (χ1) is 39.1. The molecule has 0 aromatic rings. The zero-order valence-electron chi connectivity index (χ0n) is 75.2. The van der Waals surface area contributed by atoms with E-state index >= 15 is 0 Å². The molecular weight excluding hydrogens is 649 g/mol. The average Bonchev–Trinajstić information content (AvgIpc) is 0.682. The molecule has 0 aliphatic carbocycles. The lowest BCUT2D eigenvalue weighted by Crippen LogP contribution is -2.32. The monoisotopic (exact) mass is 770 g/mol. The topological polar surface area (TPSA) is 0 Å². The number of alkyl halides is 3. The maximum absolute atomic E-state index is 9.32. The molecule has 224 valence electrons. The van der Waals surface area contributed by atoms with E-state index < -0.39 is 213 Å². The summed E-state index contributed by atoms with van der Waals surface area (Å²) in [4.78, 5) is -2.66. The van der Waals surface area contributed by atoms with Gasteiger partial charge in [-0.05, 0) is 25.5 Å². The molecule has 0 rings (SSSR count). The summed E-state index contributed by atoms with van der Waals surface area (Å²) in [5, 5.41) is -3.75. The Labute approximate surface area is 339 Å². The number of halogens is 3. The Morgan fingerprint density at radius 3 is 1.43 bits per heavy atom. The van der Waals surface area contributed by atoms with Gasteiger partial charge in [0.15, 0.2) is 0 Å². The molecule has 0 N–H and O–H groups in total. The fraction of sp³-hybridized carbons (Fsp3) is 1.00. The van der Waals surface area contributed by atoms with Gasteiger partial charge in [0.2, 0.25) is 0 Å². The highest BCUT2D eigenvalue weighted by Gasteiger charge is 2.33. The Morgan fingerprint density at radius 1 is 0.541 bits per heavy atom. The maximum atomic E-state index is 9.32. The maximum Gasteiger partial charge on any atom is 0.0387 e. The van der Waals surface area contributed by atoms with Crippen molar-refractivity contribution >= 4 is 47.8 Å². The summed E-state index contributed by atoms with van der Waals surface area (Å²) >= 11 is 7.30. The Balaban J connectivity index is 8.71. The summed E-state index contributed by atoms with van der Waals surface area (Å²) in [6.07, 6.45) is -123. The molecule has 0 heterocycles. The van der Waals surface area contributed by atoms with Crippen molar-refractivity contribution in [1.29, 1.82) is 0 Å². The van der Waals surface area contributed by atoms with E-state index in [1.54, 1.807) is 0 Å². The van der Waals surface area contributed by atoms with E-state index in [-0.39, 0.29) is 0 Å². The molecule has 0 aromatic carbocycles. The molecule has 0 aromatic heterocycles. The molecular formula is C34H67Br3. The first kappa shape index (κ1) is 6.17. The van der Waals surface area contributed by atoms with Crippen molar-refractivity contribution in [3.05, 3.63) is 0 Å². The van der Waals surface area contributed by atoms with E-state index in [1.165, 1.54) is 0 Å². The van der Waals surface area contributed by atoms with Gasteiger partial charge in [-0.15, -0.1) is 0 Å². The minimum absolute atomic E-state index is 0.662. The van der Waals surface area contributed by atoms with Gasteiger partial charge < -0.3 is 0 Å². The predicted octanol–water partition coefficient (Wildman–Crippen LogP) is 14.6. The highest BCUT2D eigenvalue weighted by Crippen LogP contribution is 2.41. The highest BCUT2D eigenvalue weighted by atomic mass is 79.9. The van der Waals surface area contributed by atoms with Gasteiger partial charge >= 0.3 is 0 Å². The van der Waals surface area contributed by atoms with Crippen molar-refractivity contribution < 1.29 is 76.8 Å². The standard InChI is InChI=1S/C34H67Br3/c1-3-5-7-9-11-13-14-15-16-18-20-22-26-30-34(37,31-27-23-24-28-32-35)33(36)29-25-21-19-17-12-10-8-6-4-2/h33H,3-32H2,1-2H3/i1D3,2D3,3D2,4D2,5D2,6D2,7D2,8D2,9D2,10D2,11D2,12D2,13D2,14D2,15D2,16D2,18D2,20D2,22D2,23D2,24D2,26D2,27D2,28D2,30D2,31D2,32+1D2. The molecule has 0 fully saturated rings. The summed E-state index contributed by atoms with van der Waals surface area (Å²) in [5.74, 6) is 0. The van der Waals surface area contributed by atoms with E-state index in [0.717, 1.165) is 0 Å². The molecule has 0 aliphatic heterocycles. The van der Waals surface area contributed by atoms with Crippen LogP contribution in [0.15, 0.2) is 0 Å². The van der Waals surface area contributed by atoms with E-state index in [2.05, 4.69) is 47.8 Å². The van der Waals surface area contributed by atoms with Crippen LogP contribution in [-0.4, -0.2) is 14.4 Å².